The number of hydrogen-bond acceptors (Lipinski definition) is 9. The maximum absolute atomic E-state index is 12.8. The summed E-state index contributed by atoms with van der Waals surface area (Å²) >= 11 is 5.97. The van der Waals surface area contributed by atoms with Crippen LogP contribution in [0.15, 0.2) is 73.5 Å². The quantitative estimate of drug-likeness (QED) is 0.214. The third-order valence-corrected chi connectivity index (χ3v) is 6.30. The molecule has 2 heterocycles. The predicted molar refractivity (Wildman–Crippen MR) is 143 cm³/mol. The molecule has 4 rings (SSSR count). The molecule has 0 bridgehead atoms. The molecule has 2 aliphatic rings. The summed E-state index contributed by atoms with van der Waals surface area (Å²) in [4.78, 5) is 12.8. The highest BCUT2D eigenvalue weighted by Crippen LogP contribution is 2.30. The first-order chi connectivity index (χ1) is 18.8. The zero-order chi connectivity index (χ0) is 27.8. The maximum atomic E-state index is 12.8. The molecule has 0 unspecified atom stereocenters. The van der Waals surface area contributed by atoms with Crippen LogP contribution >= 0.6 is 11.6 Å². The molecular formula is C29H33ClO9. The number of benzene rings is 2. The van der Waals surface area contributed by atoms with Crippen molar-refractivity contribution in [2.24, 2.45) is 0 Å². The van der Waals surface area contributed by atoms with Crippen molar-refractivity contribution in [3.63, 3.8) is 0 Å². The molecule has 0 amide bonds. The Balaban J connectivity index is 1.32. The normalized spacial score (nSPS) is 25.2. The van der Waals surface area contributed by atoms with Crippen LogP contribution in [0.2, 0.25) is 5.02 Å². The third-order valence-electron chi connectivity index (χ3n) is 6.04. The van der Waals surface area contributed by atoms with Crippen molar-refractivity contribution in [3.8, 4) is 11.5 Å². The van der Waals surface area contributed by atoms with Crippen molar-refractivity contribution in [1.29, 1.82) is 0 Å². The summed E-state index contributed by atoms with van der Waals surface area (Å²) in [6.07, 6.45) is 1.74. The van der Waals surface area contributed by atoms with Gasteiger partial charge in [-0.15, -0.1) is 6.58 Å². The molecule has 9 nitrogen and oxygen atoms in total. The lowest BCUT2D eigenvalue weighted by atomic mass is 10.1. The SMILES string of the molecule is C=C[C@@H]1O[C@H](c2ccc(Cl)cc2)OC[C@H]1OCC(=O)O[C@@H](/C=C\Oc1ccc(OC)cc1)[C@H]1COC(C)(C)O1. The van der Waals surface area contributed by atoms with Crippen LogP contribution in [0.1, 0.15) is 25.7 Å². The predicted octanol–water partition coefficient (Wildman–Crippen LogP) is 4.99. The van der Waals surface area contributed by atoms with Crippen molar-refractivity contribution in [2.75, 3.05) is 26.9 Å². The van der Waals surface area contributed by atoms with E-state index in [9.17, 15) is 4.79 Å². The fraction of sp³-hybridized carbons (Fsp3) is 0.414. The number of hydrogen-bond donors (Lipinski definition) is 0. The lowest BCUT2D eigenvalue weighted by Gasteiger charge is -2.35. The van der Waals surface area contributed by atoms with Gasteiger partial charge in [-0.25, -0.2) is 4.79 Å². The highest BCUT2D eigenvalue weighted by atomic mass is 35.5. The van der Waals surface area contributed by atoms with Crippen LogP contribution in [0, 0.1) is 0 Å². The van der Waals surface area contributed by atoms with Gasteiger partial charge in [-0.2, -0.15) is 0 Å². The van der Waals surface area contributed by atoms with Crippen molar-refractivity contribution in [1.82, 2.24) is 0 Å². The van der Waals surface area contributed by atoms with Gasteiger partial charge in [-0.05, 0) is 56.3 Å². The molecule has 0 N–H and O–H groups in total. The molecule has 210 valence electrons. The van der Waals surface area contributed by atoms with Crippen LogP contribution in [0.3, 0.4) is 0 Å². The van der Waals surface area contributed by atoms with Gasteiger partial charge in [0, 0.05) is 10.6 Å². The fourth-order valence-corrected chi connectivity index (χ4v) is 4.14. The minimum absolute atomic E-state index is 0.198. The second-order valence-electron chi connectivity index (χ2n) is 9.35. The number of carbonyl (C=O) groups excluding carboxylic acids is 1. The van der Waals surface area contributed by atoms with Gasteiger partial charge < -0.3 is 37.9 Å². The van der Waals surface area contributed by atoms with Crippen LogP contribution in [0.25, 0.3) is 0 Å². The van der Waals surface area contributed by atoms with E-state index in [0.717, 1.165) is 5.56 Å². The second-order valence-corrected chi connectivity index (χ2v) is 9.78. The van der Waals surface area contributed by atoms with Gasteiger partial charge >= 0.3 is 5.97 Å². The van der Waals surface area contributed by atoms with Gasteiger partial charge in [0.2, 0.25) is 0 Å². The topological polar surface area (TPSA) is 90.9 Å². The Bertz CT molecular complexity index is 1120. The van der Waals surface area contributed by atoms with Crippen molar-refractivity contribution in [3.05, 3.63) is 84.1 Å². The summed E-state index contributed by atoms with van der Waals surface area (Å²) in [7, 11) is 1.59. The standard InChI is InChI=1S/C29H33ClO9/c1-5-23-25(16-35-28(38-23)19-6-8-20(30)9-7-19)34-18-27(31)37-24(26-17-36-29(2,3)39-26)14-15-33-22-12-10-21(32-4)11-13-22/h5-15,23-26,28H,1,16-18H2,2-4H3/b15-14-/t23-,24-,25+,26+,28+/m0/s1. The molecule has 5 atom stereocenters. The lowest BCUT2D eigenvalue weighted by molar-refractivity contribution is -0.253. The van der Waals surface area contributed by atoms with Gasteiger partial charge in [0.05, 0.1) is 26.6 Å². The summed E-state index contributed by atoms with van der Waals surface area (Å²) in [6.45, 7) is 7.53. The number of ether oxygens (including phenoxy) is 8. The van der Waals surface area contributed by atoms with E-state index < -0.39 is 42.5 Å². The summed E-state index contributed by atoms with van der Waals surface area (Å²) < 4.78 is 45.6. The van der Waals surface area contributed by atoms with E-state index in [4.69, 9.17) is 49.5 Å². The largest absolute Gasteiger partial charge is 0.497 e. The number of halogens is 1. The smallest absolute Gasteiger partial charge is 0.332 e. The third kappa shape index (κ3) is 8.28. The Morgan fingerprint density at radius 3 is 2.49 bits per heavy atom. The Morgan fingerprint density at radius 2 is 1.85 bits per heavy atom. The molecule has 2 fully saturated rings. The van der Waals surface area contributed by atoms with Gasteiger partial charge in [-0.1, -0.05) is 29.8 Å². The van der Waals surface area contributed by atoms with E-state index in [2.05, 4.69) is 6.58 Å². The Morgan fingerprint density at radius 1 is 1.13 bits per heavy atom. The van der Waals surface area contributed by atoms with Crippen LogP contribution in [-0.4, -0.2) is 63.1 Å². The number of methoxy groups -OCH3 is 1. The minimum Gasteiger partial charge on any atom is -0.497 e. The van der Waals surface area contributed by atoms with Crippen LogP contribution in [-0.2, 0) is 33.2 Å². The summed E-state index contributed by atoms with van der Waals surface area (Å²) in [5.74, 6) is -0.0885. The van der Waals surface area contributed by atoms with E-state index >= 15 is 0 Å². The van der Waals surface area contributed by atoms with Crippen LogP contribution in [0.5, 0.6) is 11.5 Å². The summed E-state index contributed by atoms with van der Waals surface area (Å²) in [5, 5.41) is 0.619. The van der Waals surface area contributed by atoms with Gasteiger partial charge in [0.1, 0.15) is 36.4 Å². The molecule has 2 aliphatic heterocycles. The number of esters is 1. The molecule has 39 heavy (non-hydrogen) atoms. The molecule has 10 heteroatoms. The highest BCUT2D eigenvalue weighted by molar-refractivity contribution is 6.30. The van der Waals surface area contributed by atoms with Crippen molar-refractivity contribution in [2.45, 2.75) is 50.3 Å². The molecule has 0 saturated carbocycles. The molecule has 0 aromatic heterocycles. The van der Waals surface area contributed by atoms with Crippen molar-refractivity contribution < 1.29 is 42.7 Å². The molecular weight excluding hydrogens is 528 g/mol. The lowest BCUT2D eigenvalue weighted by Crippen LogP contribution is -2.42. The van der Waals surface area contributed by atoms with Gasteiger partial charge in [0.25, 0.3) is 0 Å². The highest BCUT2D eigenvalue weighted by Gasteiger charge is 2.39. The fourth-order valence-electron chi connectivity index (χ4n) is 4.02. The average molecular weight is 561 g/mol. The van der Waals surface area contributed by atoms with Crippen molar-refractivity contribution >= 4 is 17.6 Å². The second kappa shape index (κ2) is 13.4. The molecule has 0 spiro atoms. The van der Waals surface area contributed by atoms with Gasteiger partial charge in [-0.3, -0.25) is 0 Å². The van der Waals surface area contributed by atoms with Crippen LogP contribution < -0.4 is 9.47 Å². The number of carbonyl (C=O) groups is 1. The van der Waals surface area contributed by atoms with E-state index in [0.29, 0.717) is 16.5 Å². The minimum atomic E-state index is -0.801. The molecule has 2 aromatic carbocycles. The molecule has 2 aromatic rings. The summed E-state index contributed by atoms with van der Waals surface area (Å²) in [6, 6.07) is 14.3. The van der Waals surface area contributed by atoms with E-state index in [1.807, 2.05) is 12.1 Å². The van der Waals surface area contributed by atoms with E-state index in [1.54, 1.807) is 69.5 Å². The zero-order valence-corrected chi connectivity index (χ0v) is 22.9. The molecule has 0 radical (unpaired) electrons. The maximum Gasteiger partial charge on any atom is 0.332 e. The Hall–Kier alpha value is -2.92. The monoisotopic (exact) mass is 560 g/mol. The average Bonchev–Trinajstić information content (AvgIpc) is 3.31. The molecule has 2 saturated heterocycles. The van der Waals surface area contributed by atoms with E-state index in [1.165, 1.54) is 6.26 Å². The molecule has 0 aliphatic carbocycles. The first kappa shape index (κ1) is 29.1. The van der Waals surface area contributed by atoms with Gasteiger partial charge in [0.15, 0.2) is 18.2 Å². The Labute approximate surface area is 233 Å². The first-order valence-electron chi connectivity index (χ1n) is 12.5. The summed E-state index contributed by atoms with van der Waals surface area (Å²) in [5.41, 5.74) is 0.817. The Kier molecular flexibility index (Phi) is 10.0. The zero-order valence-electron chi connectivity index (χ0n) is 22.1. The first-order valence-corrected chi connectivity index (χ1v) is 12.9. The number of rotatable bonds is 11. The van der Waals surface area contributed by atoms with Crippen LogP contribution in [0.4, 0.5) is 0 Å². The van der Waals surface area contributed by atoms with E-state index in [-0.39, 0.29) is 19.8 Å².